The lowest BCUT2D eigenvalue weighted by molar-refractivity contribution is 0.102. The lowest BCUT2D eigenvalue weighted by Gasteiger charge is -2.24. The molecule has 1 saturated carbocycles. The minimum atomic E-state index is -1.23. The third-order valence-electron chi connectivity index (χ3n) is 5.70. The van der Waals surface area contributed by atoms with Crippen molar-refractivity contribution in [3.8, 4) is 0 Å². The fraction of sp³-hybridized carbons (Fsp3) is 0.280. The molecule has 0 aliphatic heterocycles. The second kappa shape index (κ2) is 8.16. The molecule has 5 rings (SSSR count). The smallest absolute Gasteiger partial charge is 0.191 e. The molecule has 1 aliphatic rings. The highest BCUT2D eigenvalue weighted by atomic mass is 32.1. The van der Waals surface area contributed by atoms with Crippen LogP contribution in [0.2, 0.25) is 0 Å². The molecule has 154 valence electrons. The van der Waals surface area contributed by atoms with E-state index in [1.54, 1.807) is 22.7 Å². The summed E-state index contributed by atoms with van der Waals surface area (Å²) in [6.07, 6.45) is 2.49. The Morgan fingerprint density at radius 3 is 2.17 bits per heavy atom. The van der Waals surface area contributed by atoms with Gasteiger partial charge in [-0.2, -0.15) is 0 Å². The standard InChI is InChI=1S/C25H25NO2S2/c1-18-6-8-19(9-7-18)16-26(20-10-11-20)17-21-12-13-22(28-21)25(27,23-4-2-14-29-23)24-5-3-15-30-24/h2-9,12-15,20,27H,10-11,16-17H2,1H3. The number of thiophene rings is 2. The first-order valence-corrected chi connectivity index (χ1v) is 12.1. The van der Waals surface area contributed by atoms with Gasteiger partial charge >= 0.3 is 0 Å². The number of hydrogen-bond donors (Lipinski definition) is 1. The number of aryl methyl sites for hydroxylation is 1. The van der Waals surface area contributed by atoms with Crippen molar-refractivity contribution < 1.29 is 9.52 Å². The van der Waals surface area contributed by atoms with Crippen LogP contribution >= 0.6 is 22.7 Å². The van der Waals surface area contributed by atoms with Gasteiger partial charge in [-0.15, -0.1) is 22.7 Å². The lowest BCUT2D eigenvalue weighted by atomic mass is 9.97. The highest BCUT2D eigenvalue weighted by molar-refractivity contribution is 7.11. The molecule has 1 N–H and O–H groups in total. The van der Waals surface area contributed by atoms with Gasteiger partial charge in [0.15, 0.2) is 5.60 Å². The molecular formula is C25H25NO2S2. The van der Waals surface area contributed by atoms with Crippen molar-refractivity contribution in [2.24, 2.45) is 0 Å². The highest BCUT2D eigenvalue weighted by Crippen LogP contribution is 2.42. The van der Waals surface area contributed by atoms with E-state index in [0.29, 0.717) is 11.8 Å². The Morgan fingerprint density at radius 1 is 0.933 bits per heavy atom. The molecule has 0 bridgehead atoms. The molecule has 1 aromatic carbocycles. The first-order chi connectivity index (χ1) is 14.6. The molecule has 30 heavy (non-hydrogen) atoms. The first-order valence-electron chi connectivity index (χ1n) is 10.3. The van der Waals surface area contributed by atoms with E-state index < -0.39 is 5.60 Å². The fourth-order valence-corrected chi connectivity index (χ4v) is 5.62. The second-order valence-electron chi connectivity index (χ2n) is 8.05. The van der Waals surface area contributed by atoms with Gasteiger partial charge in [0, 0.05) is 22.3 Å². The van der Waals surface area contributed by atoms with E-state index in [1.165, 1.54) is 24.0 Å². The zero-order valence-electron chi connectivity index (χ0n) is 17.0. The molecule has 0 saturated heterocycles. The van der Waals surface area contributed by atoms with Crippen LogP contribution in [0, 0.1) is 6.92 Å². The van der Waals surface area contributed by atoms with Crippen molar-refractivity contribution in [1.82, 2.24) is 4.90 Å². The van der Waals surface area contributed by atoms with E-state index in [9.17, 15) is 5.11 Å². The molecule has 3 aromatic heterocycles. The molecule has 5 heteroatoms. The number of hydrogen-bond acceptors (Lipinski definition) is 5. The summed E-state index contributed by atoms with van der Waals surface area (Å²) in [7, 11) is 0. The largest absolute Gasteiger partial charge is 0.461 e. The second-order valence-corrected chi connectivity index (χ2v) is 9.95. The molecule has 0 unspecified atom stereocenters. The van der Waals surface area contributed by atoms with E-state index in [2.05, 4.69) is 36.1 Å². The number of benzene rings is 1. The average Bonchev–Trinajstić information content (AvgIpc) is 3.20. The van der Waals surface area contributed by atoms with Gasteiger partial charge in [-0.05, 0) is 60.4 Å². The van der Waals surface area contributed by atoms with Gasteiger partial charge in [-0.3, -0.25) is 4.90 Å². The van der Waals surface area contributed by atoms with Crippen LogP contribution in [0.25, 0.3) is 0 Å². The van der Waals surface area contributed by atoms with Crippen molar-refractivity contribution in [1.29, 1.82) is 0 Å². The summed E-state index contributed by atoms with van der Waals surface area (Å²) in [5.41, 5.74) is 1.38. The van der Waals surface area contributed by atoms with Gasteiger partial charge in [0.25, 0.3) is 0 Å². The summed E-state index contributed by atoms with van der Waals surface area (Å²) >= 11 is 3.10. The predicted molar refractivity (Wildman–Crippen MR) is 123 cm³/mol. The summed E-state index contributed by atoms with van der Waals surface area (Å²) in [5.74, 6) is 1.49. The summed E-state index contributed by atoms with van der Waals surface area (Å²) in [4.78, 5) is 4.25. The van der Waals surface area contributed by atoms with E-state index in [-0.39, 0.29) is 0 Å². The third kappa shape index (κ3) is 3.91. The van der Waals surface area contributed by atoms with E-state index in [4.69, 9.17) is 4.42 Å². The Balaban J connectivity index is 1.40. The molecule has 1 fully saturated rings. The molecule has 0 amide bonds. The van der Waals surface area contributed by atoms with Gasteiger partial charge < -0.3 is 9.52 Å². The summed E-state index contributed by atoms with van der Waals surface area (Å²) in [6.45, 7) is 3.79. The van der Waals surface area contributed by atoms with E-state index >= 15 is 0 Å². The van der Waals surface area contributed by atoms with Gasteiger partial charge in [0.2, 0.25) is 0 Å². The van der Waals surface area contributed by atoms with Gasteiger partial charge in [0.1, 0.15) is 11.5 Å². The number of furan rings is 1. The van der Waals surface area contributed by atoms with Crippen molar-refractivity contribution in [3.63, 3.8) is 0 Å². The molecular weight excluding hydrogens is 410 g/mol. The third-order valence-corrected chi connectivity index (χ3v) is 7.66. The maximum Gasteiger partial charge on any atom is 0.191 e. The minimum Gasteiger partial charge on any atom is -0.461 e. The number of nitrogens with zero attached hydrogens (tertiary/aromatic N) is 1. The van der Waals surface area contributed by atoms with Crippen molar-refractivity contribution in [2.45, 2.75) is 44.5 Å². The van der Waals surface area contributed by atoms with Crippen LogP contribution in [0.1, 0.15) is 45.2 Å². The van der Waals surface area contributed by atoms with Crippen LogP contribution in [-0.2, 0) is 18.7 Å². The molecule has 0 spiro atoms. The Hall–Kier alpha value is -2.18. The monoisotopic (exact) mass is 435 g/mol. The zero-order valence-corrected chi connectivity index (χ0v) is 18.6. The van der Waals surface area contributed by atoms with Crippen LogP contribution < -0.4 is 0 Å². The summed E-state index contributed by atoms with van der Waals surface area (Å²) in [5, 5.41) is 15.7. The summed E-state index contributed by atoms with van der Waals surface area (Å²) in [6, 6.07) is 21.2. The molecule has 1 aliphatic carbocycles. The Labute approximate surface area is 185 Å². The van der Waals surface area contributed by atoms with Crippen LogP contribution in [-0.4, -0.2) is 16.0 Å². The van der Waals surface area contributed by atoms with Gasteiger partial charge in [0.05, 0.1) is 6.54 Å². The van der Waals surface area contributed by atoms with Crippen LogP contribution in [0.3, 0.4) is 0 Å². The Bertz CT molecular complexity index is 1040. The SMILES string of the molecule is Cc1ccc(CN(Cc2ccc(C(O)(c3cccs3)c3cccs3)o2)C2CC2)cc1. The minimum absolute atomic E-state index is 0.591. The Kier molecular flexibility index (Phi) is 5.37. The van der Waals surface area contributed by atoms with Gasteiger partial charge in [-0.25, -0.2) is 0 Å². The summed E-state index contributed by atoms with van der Waals surface area (Å²) < 4.78 is 6.28. The lowest BCUT2D eigenvalue weighted by Crippen LogP contribution is -2.26. The van der Waals surface area contributed by atoms with E-state index in [1.807, 2.05) is 47.2 Å². The zero-order chi connectivity index (χ0) is 20.6. The van der Waals surface area contributed by atoms with Crippen molar-refractivity contribution >= 4 is 22.7 Å². The highest BCUT2D eigenvalue weighted by Gasteiger charge is 2.39. The number of rotatable bonds is 8. The van der Waals surface area contributed by atoms with Crippen molar-refractivity contribution in [3.05, 3.63) is 104 Å². The fourth-order valence-electron chi connectivity index (χ4n) is 3.87. The Morgan fingerprint density at radius 2 is 1.60 bits per heavy atom. The first kappa shape index (κ1) is 19.8. The van der Waals surface area contributed by atoms with E-state index in [0.717, 1.165) is 28.6 Å². The number of aliphatic hydroxyl groups is 1. The molecule has 0 radical (unpaired) electrons. The maximum absolute atomic E-state index is 11.7. The van der Waals surface area contributed by atoms with Crippen LogP contribution in [0.5, 0.6) is 0 Å². The normalized spacial score (nSPS) is 14.5. The van der Waals surface area contributed by atoms with Crippen molar-refractivity contribution in [2.75, 3.05) is 0 Å². The molecule has 0 atom stereocenters. The predicted octanol–water partition coefficient (Wildman–Crippen LogP) is 6.16. The topological polar surface area (TPSA) is 36.6 Å². The average molecular weight is 436 g/mol. The van der Waals surface area contributed by atoms with Gasteiger partial charge in [-0.1, -0.05) is 42.0 Å². The molecule has 3 heterocycles. The van der Waals surface area contributed by atoms with Crippen LogP contribution in [0.4, 0.5) is 0 Å². The van der Waals surface area contributed by atoms with Crippen LogP contribution in [0.15, 0.2) is 75.8 Å². The quantitative estimate of drug-likeness (QED) is 0.360. The maximum atomic E-state index is 11.7. The molecule has 4 aromatic rings. The molecule has 3 nitrogen and oxygen atoms in total.